The maximum absolute atomic E-state index is 12.3. The Balaban J connectivity index is 0.00000200. The number of hydrogen-bond donors (Lipinski definition) is 2. The van der Waals surface area contributed by atoms with E-state index in [0.29, 0.717) is 5.92 Å². The van der Waals surface area contributed by atoms with Crippen molar-refractivity contribution in [1.82, 2.24) is 10.6 Å². The molecule has 1 saturated heterocycles. The van der Waals surface area contributed by atoms with Crippen molar-refractivity contribution in [3.8, 4) is 0 Å². The molecule has 3 unspecified atom stereocenters. The molecule has 1 aromatic carbocycles. The molecular weight excluding hydrogens is 272 g/mol. The highest BCUT2D eigenvalue weighted by Gasteiger charge is 2.23. The van der Waals surface area contributed by atoms with Gasteiger partial charge in [0.1, 0.15) is 0 Å². The van der Waals surface area contributed by atoms with E-state index in [0.717, 1.165) is 18.7 Å². The van der Waals surface area contributed by atoms with Gasteiger partial charge in [-0.1, -0.05) is 30.3 Å². The Morgan fingerprint density at radius 1 is 1.30 bits per heavy atom. The molecule has 2 N–H and O–H groups in total. The lowest BCUT2D eigenvalue weighted by Crippen LogP contribution is -2.45. The molecule has 0 aromatic heterocycles. The lowest BCUT2D eigenvalue weighted by atomic mass is 9.92. The number of carbonyl (C=O) groups is 1. The molecule has 1 heterocycles. The number of amides is 1. The van der Waals surface area contributed by atoms with E-state index in [9.17, 15) is 4.79 Å². The summed E-state index contributed by atoms with van der Waals surface area (Å²) in [6, 6.07) is 10.2. The van der Waals surface area contributed by atoms with Crippen molar-refractivity contribution >= 4 is 18.3 Å². The van der Waals surface area contributed by atoms with Crippen molar-refractivity contribution in [2.45, 2.75) is 38.6 Å². The third-order valence-corrected chi connectivity index (χ3v) is 4.10. The standard InChI is InChI=1S/C16H24N2O.ClH/c1-12(14-7-4-3-5-8-14)16(19)18-13(2)15-9-6-10-17-11-15;/h3-5,7-8,12-13,15,17H,6,9-11H2,1-2H3,(H,18,19);1H. The third kappa shape index (κ3) is 4.50. The predicted octanol–water partition coefficient (Wildman–Crippen LogP) is 2.72. The molecule has 112 valence electrons. The molecule has 0 radical (unpaired) electrons. The number of nitrogens with one attached hydrogen (secondary N) is 2. The predicted molar refractivity (Wildman–Crippen MR) is 85.3 cm³/mol. The van der Waals surface area contributed by atoms with Crippen molar-refractivity contribution in [2.24, 2.45) is 5.92 Å². The Labute approximate surface area is 127 Å². The van der Waals surface area contributed by atoms with Crippen LogP contribution in [0.5, 0.6) is 0 Å². The van der Waals surface area contributed by atoms with Crippen LogP contribution in [0.4, 0.5) is 0 Å². The van der Waals surface area contributed by atoms with Crippen LogP contribution in [0.15, 0.2) is 30.3 Å². The highest BCUT2D eigenvalue weighted by atomic mass is 35.5. The summed E-state index contributed by atoms with van der Waals surface area (Å²) >= 11 is 0. The van der Waals surface area contributed by atoms with Crippen molar-refractivity contribution in [3.63, 3.8) is 0 Å². The average Bonchev–Trinajstić information content (AvgIpc) is 2.48. The van der Waals surface area contributed by atoms with Crippen molar-refractivity contribution < 1.29 is 4.79 Å². The zero-order valence-electron chi connectivity index (χ0n) is 12.3. The van der Waals surface area contributed by atoms with Crippen LogP contribution < -0.4 is 10.6 Å². The molecule has 4 heteroatoms. The summed E-state index contributed by atoms with van der Waals surface area (Å²) in [5.41, 5.74) is 1.08. The van der Waals surface area contributed by atoms with E-state index in [2.05, 4.69) is 17.6 Å². The summed E-state index contributed by atoms with van der Waals surface area (Å²) in [6.45, 7) is 6.21. The molecule has 0 aliphatic carbocycles. The molecule has 0 saturated carbocycles. The van der Waals surface area contributed by atoms with E-state index in [1.165, 1.54) is 12.8 Å². The van der Waals surface area contributed by atoms with E-state index in [1.54, 1.807) is 0 Å². The smallest absolute Gasteiger partial charge is 0.227 e. The van der Waals surface area contributed by atoms with Gasteiger partial charge in [-0.25, -0.2) is 0 Å². The lowest BCUT2D eigenvalue weighted by Gasteiger charge is -2.29. The highest BCUT2D eigenvalue weighted by molar-refractivity contribution is 5.85. The first-order chi connectivity index (χ1) is 9.18. The highest BCUT2D eigenvalue weighted by Crippen LogP contribution is 2.18. The molecule has 0 bridgehead atoms. The van der Waals surface area contributed by atoms with Gasteiger partial charge in [-0.2, -0.15) is 0 Å². The topological polar surface area (TPSA) is 41.1 Å². The van der Waals surface area contributed by atoms with Gasteiger partial charge in [0.05, 0.1) is 5.92 Å². The molecule has 1 aliphatic rings. The van der Waals surface area contributed by atoms with E-state index in [4.69, 9.17) is 0 Å². The maximum atomic E-state index is 12.3. The molecular formula is C16H25ClN2O. The van der Waals surface area contributed by atoms with E-state index < -0.39 is 0 Å². The fourth-order valence-corrected chi connectivity index (χ4v) is 2.67. The Morgan fingerprint density at radius 2 is 2.00 bits per heavy atom. The van der Waals surface area contributed by atoms with Crippen molar-refractivity contribution in [2.75, 3.05) is 13.1 Å². The molecule has 0 spiro atoms. The molecule has 1 fully saturated rings. The van der Waals surface area contributed by atoms with Crippen LogP contribution in [-0.4, -0.2) is 25.0 Å². The maximum Gasteiger partial charge on any atom is 0.227 e. The molecule has 1 amide bonds. The number of piperidine rings is 1. The second-order valence-corrected chi connectivity index (χ2v) is 5.54. The number of halogens is 1. The minimum Gasteiger partial charge on any atom is -0.353 e. The van der Waals surface area contributed by atoms with Crippen LogP contribution in [0.1, 0.15) is 38.2 Å². The number of rotatable bonds is 4. The fraction of sp³-hybridized carbons (Fsp3) is 0.562. The molecule has 20 heavy (non-hydrogen) atoms. The van der Waals surface area contributed by atoms with Gasteiger partial charge in [0.25, 0.3) is 0 Å². The van der Waals surface area contributed by atoms with Gasteiger partial charge in [-0.15, -0.1) is 12.4 Å². The Morgan fingerprint density at radius 3 is 2.60 bits per heavy atom. The van der Waals surface area contributed by atoms with E-state index >= 15 is 0 Å². The monoisotopic (exact) mass is 296 g/mol. The third-order valence-electron chi connectivity index (χ3n) is 4.10. The van der Waals surface area contributed by atoms with E-state index in [-0.39, 0.29) is 30.3 Å². The minimum absolute atomic E-state index is 0. The minimum atomic E-state index is -0.0831. The summed E-state index contributed by atoms with van der Waals surface area (Å²) in [5.74, 6) is 0.602. The van der Waals surface area contributed by atoms with Gasteiger partial charge < -0.3 is 10.6 Å². The second-order valence-electron chi connectivity index (χ2n) is 5.54. The van der Waals surface area contributed by atoms with Crippen molar-refractivity contribution in [1.29, 1.82) is 0 Å². The Bertz CT molecular complexity index is 404. The van der Waals surface area contributed by atoms with Gasteiger partial charge in [0.15, 0.2) is 0 Å². The van der Waals surface area contributed by atoms with Crippen LogP contribution >= 0.6 is 12.4 Å². The lowest BCUT2D eigenvalue weighted by molar-refractivity contribution is -0.123. The van der Waals surface area contributed by atoms with Gasteiger partial charge in [-0.05, 0) is 51.3 Å². The fourth-order valence-electron chi connectivity index (χ4n) is 2.67. The first-order valence-electron chi connectivity index (χ1n) is 7.24. The van der Waals surface area contributed by atoms with Crippen LogP contribution in [0, 0.1) is 5.92 Å². The molecule has 2 rings (SSSR count). The molecule has 3 nitrogen and oxygen atoms in total. The van der Waals surface area contributed by atoms with Crippen LogP contribution in [0.2, 0.25) is 0 Å². The Kier molecular flexibility index (Phi) is 7.03. The summed E-state index contributed by atoms with van der Waals surface area (Å²) in [5, 5.41) is 6.57. The summed E-state index contributed by atoms with van der Waals surface area (Å²) in [6.07, 6.45) is 2.41. The van der Waals surface area contributed by atoms with E-state index in [1.807, 2.05) is 37.3 Å². The molecule has 1 aromatic rings. The van der Waals surface area contributed by atoms with Crippen molar-refractivity contribution in [3.05, 3.63) is 35.9 Å². The van der Waals surface area contributed by atoms with Crippen LogP contribution in [0.25, 0.3) is 0 Å². The normalized spacial score (nSPS) is 21.4. The van der Waals surface area contributed by atoms with Gasteiger partial charge >= 0.3 is 0 Å². The number of carbonyl (C=O) groups excluding carboxylic acids is 1. The molecule has 1 aliphatic heterocycles. The quantitative estimate of drug-likeness (QED) is 0.897. The zero-order chi connectivity index (χ0) is 13.7. The average molecular weight is 297 g/mol. The summed E-state index contributed by atoms with van der Waals surface area (Å²) in [7, 11) is 0. The second kappa shape index (κ2) is 8.28. The summed E-state index contributed by atoms with van der Waals surface area (Å²) in [4.78, 5) is 12.3. The first kappa shape index (κ1) is 17.0. The number of hydrogen-bond acceptors (Lipinski definition) is 2. The van der Waals surface area contributed by atoms with Crippen LogP contribution in [0.3, 0.4) is 0 Å². The first-order valence-corrected chi connectivity index (χ1v) is 7.24. The summed E-state index contributed by atoms with van der Waals surface area (Å²) < 4.78 is 0. The van der Waals surface area contributed by atoms with Gasteiger partial charge in [0, 0.05) is 6.04 Å². The molecule has 3 atom stereocenters. The zero-order valence-corrected chi connectivity index (χ0v) is 13.1. The van der Waals surface area contributed by atoms with Gasteiger partial charge in [-0.3, -0.25) is 4.79 Å². The Hall–Kier alpha value is -1.06. The number of benzene rings is 1. The SMILES string of the molecule is CC(C(=O)NC(C)C1CCCNC1)c1ccccc1.Cl. The largest absolute Gasteiger partial charge is 0.353 e. The van der Waals surface area contributed by atoms with Crippen LogP contribution in [-0.2, 0) is 4.79 Å². The van der Waals surface area contributed by atoms with Gasteiger partial charge in [0.2, 0.25) is 5.91 Å².